The molecule has 0 unspecified atom stereocenters. The topological polar surface area (TPSA) is 158 Å². The molecule has 41 heavy (non-hydrogen) atoms. The Morgan fingerprint density at radius 3 is 2.29 bits per heavy atom. The van der Waals surface area contributed by atoms with Gasteiger partial charge in [-0.1, -0.05) is 26.8 Å². The van der Waals surface area contributed by atoms with Gasteiger partial charge in [0.2, 0.25) is 10.0 Å². The molecule has 0 spiro atoms. The third kappa shape index (κ3) is 7.59. The fourth-order valence-corrected chi connectivity index (χ4v) is 4.75. The quantitative estimate of drug-likeness (QED) is 0.223. The van der Waals surface area contributed by atoms with Gasteiger partial charge in [-0.15, -0.1) is 0 Å². The van der Waals surface area contributed by atoms with E-state index >= 15 is 0 Å². The van der Waals surface area contributed by atoms with Gasteiger partial charge in [-0.05, 0) is 68.5 Å². The first-order valence-corrected chi connectivity index (χ1v) is 14.9. The molecule has 1 aromatic heterocycles. The summed E-state index contributed by atoms with van der Waals surface area (Å²) < 4.78 is 34.1. The van der Waals surface area contributed by atoms with E-state index in [1.165, 1.54) is 12.1 Å². The number of nitrogens with zero attached hydrogens (tertiary/aromatic N) is 3. The molecule has 0 saturated carbocycles. The molecule has 11 nitrogen and oxygen atoms in total. The van der Waals surface area contributed by atoms with E-state index in [4.69, 9.17) is 16.3 Å². The first-order valence-electron chi connectivity index (χ1n) is 13.0. The molecule has 0 bridgehead atoms. The van der Waals surface area contributed by atoms with Gasteiger partial charge in [-0.3, -0.25) is 14.5 Å². The Morgan fingerprint density at radius 2 is 1.73 bits per heavy atom. The van der Waals surface area contributed by atoms with E-state index < -0.39 is 15.9 Å². The maximum absolute atomic E-state index is 13.5. The average Bonchev–Trinajstić information content (AvgIpc) is 3.33. The van der Waals surface area contributed by atoms with Crippen LogP contribution in [0.2, 0.25) is 0 Å². The van der Waals surface area contributed by atoms with Crippen LogP contribution in [0, 0.1) is 6.92 Å². The molecule has 2 aromatic carbocycles. The number of amides is 1. The molecule has 3 aromatic rings. The van der Waals surface area contributed by atoms with Crippen molar-refractivity contribution < 1.29 is 17.9 Å². The van der Waals surface area contributed by atoms with Crippen LogP contribution in [-0.4, -0.2) is 37.2 Å². The predicted octanol–water partition coefficient (Wildman–Crippen LogP) is 4.51. The minimum absolute atomic E-state index is 0.190. The van der Waals surface area contributed by atoms with E-state index in [0.717, 1.165) is 17.4 Å². The fourth-order valence-electron chi connectivity index (χ4n) is 4.20. The SMILES string of the molecule is COc1c(NC(=O)c2ccc(C)c(N(N)/C=C(\N)c3cncn3C(C)(C)C)c2)cc(C(C)(C)C)cc1NS(C)(=O)=O. The number of ether oxygens (including phenoxy) is 1. The number of hydrogen-bond donors (Lipinski definition) is 4. The second-order valence-electron chi connectivity index (χ2n) is 12.0. The molecular weight excluding hydrogens is 542 g/mol. The highest BCUT2D eigenvalue weighted by Gasteiger charge is 2.23. The van der Waals surface area contributed by atoms with Gasteiger partial charge in [0.1, 0.15) is 0 Å². The summed E-state index contributed by atoms with van der Waals surface area (Å²) >= 11 is 0. The largest absolute Gasteiger partial charge is 0.492 e. The zero-order chi connectivity index (χ0) is 30.9. The molecule has 0 radical (unpaired) electrons. The highest BCUT2D eigenvalue weighted by molar-refractivity contribution is 7.92. The van der Waals surface area contributed by atoms with Crippen molar-refractivity contribution in [1.82, 2.24) is 9.55 Å². The second-order valence-corrected chi connectivity index (χ2v) is 13.7. The van der Waals surface area contributed by atoms with Crippen LogP contribution in [0.1, 0.15) is 68.7 Å². The van der Waals surface area contributed by atoms with E-state index in [9.17, 15) is 13.2 Å². The maximum atomic E-state index is 13.5. The molecule has 3 rings (SSSR count). The van der Waals surface area contributed by atoms with E-state index in [1.54, 1.807) is 49.1 Å². The number of methoxy groups -OCH3 is 1. The number of rotatable bonds is 8. The Kier molecular flexibility index (Phi) is 8.80. The number of nitrogens with two attached hydrogens (primary N) is 2. The molecule has 1 amide bonds. The maximum Gasteiger partial charge on any atom is 0.255 e. The smallest absolute Gasteiger partial charge is 0.255 e. The number of imidazole rings is 1. The number of nitrogens with one attached hydrogen (secondary N) is 2. The lowest BCUT2D eigenvalue weighted by Gasteiger charge is -2.25. The van der Waals surface area contributed by atoms with Crippen molar-refractivity contribution in [3.63, 3.8) is 0 Å². The van der Waals surface area contributed by atoms with Crippen LogP contribution in [0.15, 0.2) is 49.1 Å². The lowest BCUT2D eigenvalue weighted by molar-refractivity contribution is 0.102. The van der Waals surface area contributed by atoms with Crippen molar-refractivity contribution in [3.05, 3.63) is 71.4 Å². The van der Waals surface area contributed by atoms with E-state index in [2.05, 4.69) is 15.0 Å². The molecule has 0 aliphatic rings. The second kappa shape index (κ2) is 11.5. The Balaban J connectivity index is 1.99. The lowest BCUT2D eigenvalue weighted by Crippen LogP contribution is -2.28. The van der Waals surface area contributed by atoms with Gasteiger partial charge >= 0.3 is 0 Å². The number of hydrogen-bond acceptors (Lipinski definition) is 8. The molecule has 0 fully saturated rings. The van der Waals surface area contributed by atoms with Crippen LogP contribution in [-0.2, 0) is 21.0 Å². The number of benzene rings is 2. The molecular formula is C29H41N7O4S. The van der Waals surface area contributed by atoms with Gasteiger partial charge in [0.25, 0.3) is 5.91 Å². The molecule has 12 heteroatoms. The number of carbonyl (C=O) groups excluding carboxylic acids is 1. The summed E-state index contributed by atoms with van der Waals surface area (Å²) in [5.74, 6) is 6.16. The summed E-state index contributed by atoms with van der Waals surface area (Å²) in [5, 5.41) is 4.25. The summed E-state index contributed by atoms with van der Waals surface area (Å²) in [6.07, 6.45) is 6.03. The number of sulfonamides is 1. The zero-order valence-corrected chi connectivity index (χ0v) is 26.0. The first-order chi connectivity index (χ1) is 18.8. The summed E-state index contributed by atoms with van der Waals surface area (Å²) in [7, 11) is -2.20. The molecule has 0 aliphatic carbocycles. The summed E-state index contributed by atoms with van der Waals surface area (Å²) in [6, 6.07) is 8.60. The molecule has 6 N–H and O–H groups in total. The van der Waals surface area contributed by atoms with Crippen molar-refractivity contribution in [2.45, 2.75) is 59.4 Å². The van der Waals surface area contributed by atoms with Crippen LogP contribution in [0.4, 0.5) is 17.1 Å². The fraction of sp³-hybridized carbons (Fsp3) is 0.379. The molecule has 0 atom stereocenters. The summed E-state index contributed by atoms with van der Waals surface area (Å²) in [6.45, 7) is 14.0. The Bertz CT molecular complexity index is 1580. The van der Waals surface area contributed by atoms with Crippen LogP contribution in [0.3, 0.4) is 0 Å². The van der Waals surface area contributed by atoms with Gasteiger partial charge in [0.05, 0.1) is 54.3 Å². The first kappa shape index (κ1) is 31.5. The minimum Gasteiger partial charge on any atom is -0.492 e. The number of anilines is 3. The van der Waals surface area contributed by atoms with Gasteiger partial charge in [-0.2, -0.15) is 0 Å². The van der Waals surface area contributed by atoms with Crippen molar-refractivity contribution in [2.24, 2.45) is 11.6 Å². The monoisotopic (exact) mass is 583 g/mol. The lowest BCUT2D eigenvalue weighted by atomic mass is 9.86. The minimum atomic E-state index is -3.61. The van der Waals surface area contributed by atoms with E-state index in [-0.39, 0.29) is 22.4 Å². The number of carbonyl (C=O) groups is 1. The third-order valence-corrected chi connectivity index (χ3v) is 6.98. The van der Waals surface area contributed by atoms with Gasteiger partial charge < -0.3 is 20.4 Å². The van der Waals surface area contributed by atoms with E-state index in [1.807, 2.05) is 53.0 Å². The Hall–Kier alpha value is -4.03. The van der Waals surface area contributed by atoms with Crippen molar-refractivity contribution in [2.75, 3.05) is 28.4 Å². The number of aromatic nitrogens is 2. The zero-order valence-electron chi connectivity index (χ0n) is 25.2. The molecule has 0 aliphatic heterocycles. The van der Waals surface area contributed by atoms with Gasteiger partial charge in [-0.25, -0.2) is 19.2 Å². The summed E-state index contributed by atoms with van der Waals surface area (Å²) in [4.78, 5) is 17.7. The number of hydrazine groups is 1. The Morgan fingerprint density at radius 1 is 1.10 bits per heavy atom. The van der Waals surface area contributed by atoms with Crippen molar-refractivity contribution in [1.29, 1.82) is 0 Å². The third-order valence-electron chi connectivity index (χ3n) is 6.39. The van der Waals surface area contributed by atoms with Crippen molar-refractivity contribution in [3.8, 4) is 5.75 Å². The highest BCUT2D eigenvalue weighted by Crippen LogP contribution is 2.39. The Labute approximate surface area is 242 Å². The van der Waals surface area contributed by atoms with Crippen LogP contribution >= 0.6 is 0 Å². The number of aryl methyl sites for hydroxylation is 1. The van der Waals surface area contributed by atoms with Gasteiger partial charge in [0, 0.05) is 17.3 Å². The van der Waals surface area contributed by atoms with E-state index in [0.29, 0.717) is 28.3 Å². The standard InChI is InChI=1S/C29H41N7O4S/c1-18-10-11-19(12-24(18)36(31)16-21(30)25-15-32-17-35(25)29(5,6)7)27(37)33-22-13-20(28(2,3)4)14-23(26(22)40-8)34-41(9,38)39/h10-17,34H,30-31H2,1-9H3,(H,33,37)/b21-16-. The van der Waals surface area contributed by atoms with Crippen molar-refractivity contribution >= 4 is 38.7 Å². The highest BCUT2D eigenvalue weighted by atomic mass is 32.2. The van der Waals surface area contributed by atoms with Gasteiger partial charge in [0.15, 0.2) is 5.75 Å². The molecule has 0 saturated heterocycles. The normalized spacial score (nSPS) is 12.7. The average molecular weight is 584 g/mol. The van der Waals surface area contributed by atoms with Crippen LogP contribution < -0.4 is 31.4 Å². The summed E-state index contributed by atoms with van der Waals surface area (Å²) in [5.41, 5.74) is 10.0. The molecule has 222 valence electrons. The van der Waals surface area contributed by atoms with Crippen LogP contribution in [0.25, 0.3) is 5.70 Å². The van der Waals surface area contributed by atoms with Crippen LogP contribution in [0.5, 0.6) is 5.75 Å². The predicted molar refractivity (Wildman–Crippen MR) is 165 cm³/mol. The molecule has 1 heterocycles.